The molecule has 0 aliphatic rings. The fourth-order valence-electron chi connectivity index (χ4n) is 2.34. The van der Waals surface area contributed by atoms with Crippen LogP contribution in [0.15, 0.2) is 48.5 Å². The molecule has 0 aromatic heterocycles. The molecular weight excluding hydrogens is 368 g/mol. The van der Waals surface area contributed by atoms with Crippen molar-refractivity contribution in [1.29, 1.82) is 0 Å². The second kappa shape index (κ2) is 8.12. The van der Waals surface area contributed by atoms with E-state index < -0.39 is 35.4 Å². The number of rotatable bonds is 6. The number of aryl methyl sites for hydroxylation is 2. The number of carbonyl (C=O) groups excluding carboxylic acids is 3. The van der Waals surface area contributed by atoms with Crippen LogP contribution in [0.5, 0.6) is 0 Å². The highest BCUT2D eigenvalue weighted by Gasteiger charge is 2.56. The number of esters is 2. The fraction of sp³-hybridized carbons (Fsp3) is 0.200. The van der Waals surface area contributed by atoms with E-state index in [1.165, 1.54) is 36.4 Å². The van der Waals surface area contributed by atoms with Crippen LogP contribution < -0.4 is 0 Å². The molecule has 2 rings (SSSR count). The third-order valence-corrected chi connectivity index (χ3v) is 4.07. The number of carboxylic acids is 1. The number of ether oxygens (including phenoxy) is 1. The largest absolute Gasteiger partial charge is 0.479 e. The van der Waals surface area contributed by atoms with Crippen LogP contribution in [0.4, 0.5) is 0 Å². The molecule has 2 aromatic rings. The Morgan fingerprint density at radius 2 is 1.29 bits per heavy atom. The first-order chi connectivity index (χ1) is 13.1. The Bertz CT molecular complexity index is 914. The molecule has 0 saturated heterocycles. The Balaban J connectivity index is 2.38. The highest BCUT2D eigenvalue weighted by molar-refractivity contribution is 6.19. The average Bonchev–Trinajstić information content (AvgIpc) is 2.67. The molecule has 0 heterocycles. The lowest BCUT2D eigenvalue weighted by Gasteiger charge is -2.26. The molecule has 3 N–H and O–H groups in total. The van der Waals surface area contributed by atoms with Gasteiger partial charge in [0.1, 0.15) is 0 Å². The molecule has 0 saturated carbocycles. The second-order valence-electron chi connectivity index (χ2n) is 6.25. The number of Topliss-reactive ketones (excluding diaryl/α,β-unsaturated/α-hetero) is 1. The van der Waals surface area contributed by atoms with Gasteiger partial charge in [-0.25, -0.2) is 14.4 Å². The van der Waals surface area contributed by atoms with Crippen molar-refractivity contribution in [3.8, 4) is 0 Å². The summed E-state index contributed by atoms with van der Waals surface area (Å²) in [4.78, 5) is 48.3. The molecular formula is C20H18O8. The Labute approximate surface area is 160 Å². The van der Waals surface area contributed by atoms with Gasteiger partial charge in [0.25, 0.3) is 5.60 Å². The van der Waals surface area contributed by atoms with Crippen molar-refractivity contribution in [2.75, 3.05) is 0 Å². The lowest BCUT2D eigenvalue weighted by atomic mass is 9.87. The predicted octanol–water partition coefficient (Wildman–Crippen LogP) is 1.05. The summed E-state index contributed by atoms with van der Waals surface area (Å²) in [6.07, 6.45) is -2.85. The van der Waals surface area contributed by atoms with Gasteiger partial charge in [0.05, 0.1) is 5.56 Å². The number of benzene rings is 2. The molecule has 0 fully saturated rings. The second-order valence-corrected chi connectivity index (χ2v) is 6.25. The van der Waals surface area contributed by atoms with E-state index in [2.05, 4.69) is 4.74 Å². The Morgan fingerprint density at radius 1 is 0.857 bits per heavy atom. The Kier molecular flexibility index (Phi) is 6.07. The van der Waals surface area contributed by atoms with Gasteiger partial charge in [0, 0.05) is 5.56 Å². The maximum atomic E-state index is 12.6. The lowest BCUT2D eigenvalue weighted by molar-refractivity contribution is -0.175. The quantitative estimate of drug-likeness (QED) is 0.380. The summed E-state index contributed by atoms with van der Waals surface area (Å²) in [7, 11) is 0. The van der Waals surface area contributed by atoms with Crippen LogP contribution in [-0.4, -0.2) is 50.7 Å². The summed E-state index contributed by atoms with van der Waals surface area (Å²) in [6.45, 7) is 3.49. The predicted molar refractivity (Wildman–Crippen MR) is 95.7 cm³/mol. The van der Waals surface area contributed by atoms with E-state index in [0.29, 0.717) is 0 Å². The normalized spacial score (nSPS) is 13.9. The highest BCUT2D eigenvalue weighted by atomic mass is 16.6. The average molecular weight is 386 g/mol. The van der Waals surface area contributed by atoms with Gasteiger partial charge in [-0.3, -0.25) is 4.79 Å². The number of aliphatic hydroxyl groups is 2. The van der Waals surface area contributed by atoms with Gasteiger partial charge in [-0.1, -0.05) is 47.5 Å². The zero-order chi connectivity index (χ0) is 21.1. The standard InChI is InChI=1S/C20H18O8/c1-11-3-7-13(8-4-11)15(21)20(27,16(22)17(23)24)19(26)28-18(25)14-9-5-12(2)6-10-14/h3-10,16,22,27H,1-2H3,(H,23,24)/t16-,20+/m0/s1. The topological polar surface area (TPSA) is 138 Å². The van der Waals surface area contributed by atoms with Gasteiger partial charge >= 0.3 is 17.9 Å². The molecule has 0 aliphatic heterocycles. The molecule has 0 unspecified atom stereocenters. The third kappa shape index (κ3) is 4.13. The fourth-order valence-corrected chi connectivity index (χ4v) is 2.34. The molecule has 0 spiro atoms. The van der Waals surface area contributed by atoms with Gasteiger partial charge in [-0.05, 0) is 26.0 Å². The van der Waals surface area contributed by atoms with E-state index in [1.54, 1.807) is 26.0 Å². The monoisotopic (exact) mass is 386 g/mol. The minimum atomic E-state index is -3.51. The Hall–Kier alpha value is -3.36. The SMILES string of the molecule is Cc1ccc(C(=O)OC(=O)[C@@](O)(C(=O)c2ccc(C)cc2)[C@@H](O)C(=O)O)cc1. The molecule has 8 heteroatoms. The summed E-state index contributed by atoms with van der Waals surface area (Å²) in [5.74, 6) is -6.55. The van der Waals surface area contributed by atoms with E-state index in [9.17, 15) is 29.4 Å². The number of hydrogen-bond acceptors (Lipinski definition) is 7. The van der Waals surface area contributed by atoms with E-state index >= 15 is 0 Å². The van der Waals surface area contributed by atoms with E-state index in [1.807, 2.05) is 0 Å². The number of ketones is 1. The van der Waals surface area contributed by atoms with Crippen LogP contribution in [0, 0.1) is 13.8 Å². The summed E-state index contributed by atoms with van der Waals surface area (Å²) in [6, 6.07) is 11.3. The van der Waals surface area contributed by atoms with Crippen molar-refractivity contribution in [3.63, 3.8) is 0 Å². The Morgan fingerprint density at radius 3 is 1.71 bits per heavy atom. The maximum Gasteiger partial charge on any atom is 0.357 e. The number of carbonyl (C=O) groups is 4. The number of aliphatic carboxylic acids is 1. The zero-order valence-corrected chi connectivity index (χ0v) is 15.1. The highest BCUT2D eigenvalue weighted by Crippen LogP contribution is 2.22. The number of hydrogen-bond donors (Lipinski definition) is 3. The van der Waals surface area contributed by atoms with Gasteiger partial charge in [-0.15, -0.1) is 0 Å². The van der Waals surface area contributed by atoms with Crippen LogP contribution >= 0.6 is 0 Å². The van der Waals surface area contributed by atoms with Crippen molar-refractivity contribution in [3.05, 3.63) is 70.8 Å². The maximum absolute atomic E-state index is 12.6. The molecule has 146 valence electrons. The van der Waals surface area contributed by atoms with Crippen LogP contribution in [-0.2, 0) is 14.3 Å². The number of aliphatic hydroxyl groups excluding tert-OH is 1. The first kappa shape index (κ1) is 20.9. The summed E-state index contributed by atoms with van der Waals surface area (Å²) in [5, 5.41) is 29.4. The van der Waals surface area contributed by atoms with Gasteiger partial charge in [0.15, 0.2) is 6.10 Å². The number of carboxylic acid groups (broad SMARTS) is 1. The molecule has 8 nitrogen and oxygen atoms in total. The van der Waals surface area contributed by atoms with Crippen molar-refractivity contribution in [1.82, 2.24) is 0 Å². The van der Waals surface area contributed by atoms with E-state index in [4.69, 9.17) is 5.11 Å². The van der Waals surface area contributed by atoms with Gasteiger partial charge in [0.2, 0.25) is 5.78 Å². The minimum absolute atomic E-state index is 0.0612. The van der Waals surface area contributed by atoms with Gasteiger partial charge < -0.3 is 20.1 Å². The summed E-state index contributed by atoms with van der Waals surface area (Å²) in [5.41, 5.74) is -2.23. The molecule has 0 amide bonds. The molecule has 0 radical (unpaired) electrons. The van der Waals surface area contributed by atoms with Gasteiger partial charge in [-0.2, -0.15) is 0 Å². The zero-order valence-electron chi connectivity index (χ0n) is 15.1. The minimum Gasteiger partial charge on any atom is -0.479 e. The smallest absolute Gasteiger partial charge is 0.357 e. The lowest BCUT2D eigenvalue weighted by Crippen LogP contribution is -2.59. The van der Waals surface area contributed by atoms with Crippen LogP contribution in [0.1, 0.15) is 31.8 Å². The molecule has 0 bridgehead atoms. The first-order valence-corrected chi connectivity index (χ1v) is 8.15. The summed E-state index contributed by atoms with van der Waals surface area (Å²) < 4.78 is 4.51. The van der Waals surface area contributed by atoms with Crippen LogP contribution in [0.2, 0.25) is 0 Å². The van der Waals surface area contributed by atoms with Crippen molar-refractivity contribution in [2.24, 2.45) is 0 Å². The summed E-state index contributed by atoms with van der Waals surface area (Å²) >= 11 is 0. The third-order valence-electron chi connectivity index (χ3n) is 4.07. The van der Waals surface area contributed by atoms with E-state index in [-0.39, 0.29) is 11.1 Å². The molecule has 28 heavy (non-hydrogen) atoms. The van der Waals surface area contributed by atoms with Crippen LogP contribution in [0.3, 0.4) is 0 Å². The molecule has 2 aromatic carbocycles. The van der Waals surface area contributed by atoms with Crippen molar-refractivity contribution in [2.45, 2.75) is 25.6 Å². The van der Waals surface area contributed by atoms with E-state index in [0.717, 1.165) is 11.1 Å². The molecule has 2 atom stereocenters. The van der Waals surface area contributed by atoms with Crippen LogP contribution in [0.25, 0.3) is 0 Å². The molecule has 0 aliphatic carbocycles. The van der Waals surface area contributed by atoms with Crippen molar-refractivity contribution < 1.29 is 39.2 Å². The first-order valence-electron chi connectivity index (χ1n) is 8.15. The van der Waals surface area contributed by atoms with Crippen molar-refractivity contribution >= 4 is 23.7 Å².